The van der Waals surface area contributed by atoms with Gasteiger partial charge in [0.05, 0.1) is 5.54 Å². The second-order valence-electron chi connectivity index (χ2n) is 5.83. The van der Waals surface area contributed by atoms with Crippen molar-refractivity contribution in [1.29, 1.82) is 0 Å². The number of likely N-dealkylation sites (tertiary alicyclic amines) is 1. The molecule has 0 saturated carbocycles. The molecule has 0 aromatic carbocycles. The number of carbonyl (C=O) groups excluding carboxylic acids is 1. The number of rotatable bonds is 2. The molecule has 0 aromatic rings. The van der Waals surface area contributed by atoms with Crippen molar-refractivity contribution in [3.63, 3.8) is 0 Å². The van der Waals surface area contributed by atoms with E-state index in [4.69, 9.17) is 0 Å². The lowest BCUT2D eigenvalue weighted by Gasteiger charge is -2.40. The third kappa shape index (κ3) is 2.94. The standard InChI is InChI=1S/C12H24N2O/c1-11(2)6-8-14(9-7-11)10(15)12(3,4)13-5/h13H,6-9H2,1-5H3. The Bertz CT molecular complexity index is 236. The van der Waals surface area contributed by atoms with Crippen LogP contribution in [0.1, 0.15) is 40.5 Å². The van der Waals surface area contributed by atoms with Crippen LogP contribution in [0.2, 0.25) is 0 Å². The molecular formula is C12H24N2O. The molecule has 0 aliphatic carbocycles. The van der Waals surface area contributed by atoms with Crippen LogP contribution in [0, 0.1) is 5.41 Å². The first-order chi connectivity index (χ1) is 6.78. The number of hydrogen-bond acceptors (Lipinski definition) is 2. The number of likely N-dealkylation sites (N-methyl/N-ethyl adjacent to an activating group) is 1. The second kappa shape index (κ2) is 4.12. The molecule has 1 rings (SSSR count). The molecule has 1 aliphatic heterocycles. The molecule has 3 heteroatoms. The van der Waals surface area contributed by atoms with Crippen molar-refractivity contribution >= 4 is 5.91 Å². The van der Waals surface area contributed by atoms with Gasteiger partial charge in [-0.15, -0.1) is 0 Å². The molecule has 15 heavy (non-hydrogen) atoms. The Balaban J connectivity index is 2.58. The van der Waals surface area contributed by atoms with E-state index in [1.54, 1.807) is 0 Å². The van der Waals surface area contributed by atoms with Gasteiger partial charge in [0.25, 0.3) is 0 Å². The molecule has 1 amide bonds. The van der Waals surface area contributed by atoms with Crippen molar-refractivity contribution in [2.75, 3.05) is 20.1 Å². The van der Waals surface area contributed by atoms with Gasteiger partial charge in [-0.1, -0.05) is 13.8 Å². The van der Waals surface area contributed by atoms with Gasteiger partial charge in [0.1, 0.15) is 0 Å². The summed E-state index contributed by atoms with van der Waals surface area (Å²) in [6.45, 7) is 10.2. The summed E-state index contributed by atoms with van der Waals surface area (Å²) in [5.41, 5.74) is -0.0257. The van der Waals surface area contributed by atoms with E-state index < -0.39 is 5.54 Å². The number of hydrogen-bond donors (Lipinski definition) is 1. The maximum Gasteiger partial charge on any atom is 0.242 e. The first-order valence-corrected chi connectivity index (χ1v) is 5.77. The van der Waals surface area contributed by atoms with Crippen LogP contribution in [-0.2, 0) is 4.79 Å². The zero-order valence-electron chi connectivity index (χ0n) is 10.7. The molecule has 1 N–H and O–H groups in total. The van der Waals surface area contributed by atoms with E-state index in [-0.39, 0.29) is 5.91 Å². The summed E-state index contributed by atoms with van der Waals surface area (Å²) >= 11 is 0. The Morgan fingerprint density at radius 2 is 1.73 bits per heavy atom. The van der Waals surface area contributed by atoms with Crippen LogP contribution < -0.4 is 5.32 Å². The Hall–Kier alpha value is -0.570. The summed E-state index contributed by atoms with van der Waals surface area (Å²) in [5.74, 6) is 0.223. The Morgan fingerprint density at radius 3 is 2.13 bits per heavy atom. The van der Waals surface area contributed by atoms with Crippen LogP contribution in [0.15, 0.2) is 0 Å². The van der Waals surface area contributed by atoms with Gasteiger partial charge in [-0.25, -0.2) is 0 Å². The highest BCUT2D eigenvalue weighted by Crippen LogP contribution is 2.30. The molecular weight excluding hydrogens is 188 g/mol. The maximum absolute atomic E-state index is 12.1. The minimum absolute atomic E-state index is 0.223. The van der Waals surface area contributed by atoms with Crippen LogP contribution in [0.3, 0.4) is 0 Å². The number of piperidine rings is 1. The summed E-state index contributed by atoms with van der Waals surface area (Å²) in [7, 11) is 1.84. The monoisotopic (exact) mass is 212 g/mol. The van der Waals surface area contributed by atoms with Gasteiger partial charge < -0.3 is 10.2 Å². The Kier molecular flexibility index (Phi) is 3.44. The average Bonchev–Trinajstić information content (AvgIpc) is 2.17. The van der Waals surface area contributed by atoms with E-state index in [9.17, 15) is 4.79 Å². The topological polar surface area (TPSA) is 32.3 Å². The van der Waals surface area contributed by atoms with E-state index in [0.29, 0.717) is 5.41 Å². The Labute approximate surface area is 93.2 Å². The van der Waals surface area contributed by atoms with Crippen LogP contribution >= 0.6 is 0 Å². The molecule has 0 spiro atoms. The molecule has 0 radical (unpaired) electrons. The molecule has 1 aliphatic rings. The highest BCUT2D eigenvalue weighted by molar-refractivity contribution is 5.85. The predicted octanol–water partition coefficient (Wildman–Crippen LogP) is 1.63. The van der Waals surface area contributed by atoms with Crippen LogP contribution in [0.5, 0.6) is 0 Å². The van der Waals surface area contributed by atoms with Gasteiger partial charge in [-0.2, -0.15) is 0 Å². The molecule has 0 atom stereocenters. The lowest BCUT2D eigenvalue weighted by Crippen LogP contribution is -2.55. The number of amides is 1. The zero-order chi connectivity index (χ0) is 11.7. The number of carbonyl (C=O) groups is 1. The molecule has 0 unspecified atom stereocenters. The van der Waals surface area contributed by atoms with Crippen molar-refractivity contribution in [3.8, 4) is 0 Å². The molecule has 3 nitrogen and oxygen atoms in total. The number of nitrogens with zero attached hydrogens (tertiary/aromatic N) is 1. The summed E-state index contributed by atoms with van der Waals surface area (Å²) < 4.78 is 0. The van der Waals surface area contributed by atoms with Gasteiger partial charge in [0, 0.05) is 13.1 Å². The molecule has 1 fully saturated rings. The van der Waals surface area contributed by atoms with Gasteiger partial charge in [0.15, 0.2) is 0 Å². The molecule has 1 saturated heterocycles. The van der Waals surface area contributed by atoms with Crippen molar-refractivity contribution in [1.82, 2.24) is 10.2 Å². The fourth-order valence-electron chi connectivity index (χ4n) is 1.82. The van der Waals surface area contributed by atoms with Gasteiger partial charge in [0.2, 0.25) is 5.91 Å². The third-order valence-corrected chi connectivity index (χ3v) is 3.56. The van der Waals surface area contributed by atoms with E-state index in [1.165, 1.54) is 0 Å². The second-order valence-corrected chi connectivity index (χ2v) is 5.83. The van der Waals surface area contributed by atoms with E-state index in [0.717, 1.165) is 25.9 Å². The number of nitrogens with one attached hydrogen (secondary N) is 1. The quantitative estimate of drug-likeness (QED) is 0.754. The first kappa shape index (κ1) is 12.5. The first-order valence-electron chi connectivity index (χ1n) is 5.77. The summed E-state index contributed by atoms with van der Waals surface area (Å²) in [4.78, 5) is 14.1. The van der Waals surface area contributed by atoms with Crippen molar-refractivity contribution in [3.05, 3.63) is 0 Å². The smallest absolute Gasteiger partial charge is 0.242 e. The summed E-state index contributed by atoms with van der Waals surface area (Å²) in [6.07, 6.45) is 2.22. The van der Waals surface area contributed by atoms with Gasteiger partial charge in [-0.05, 0) is 39.2 Å². The largest absolute Gasteiger partial charge is 0.341 e. The van der Waals surface area contributed by atoms with Crippen LogP contribution in [0.4, 0.5) is 0 Å². The van der Waals surface area contributed by atoms with E-state index in [2.05, 4.69) is 19.2 Å². The minimum Gasteiger partial charge on any atom is -0.341 e. The highest BCUT2D eigenvalue weighted by Gasteiger charge is 2.34. The van der Waals surface area contributed by atoms with Crippen molar-refractivity contribution in [2.24, 2.45) is 5.41 Å². The normalized spacial score (nSPS) is 21.5. The zero-order valence-corrected chi connectivity index (χ0v) is 10.7. The lowest BCUT2D eigenvalue weighted by molar-refractivity contribution is -0.139. The Morgan fingerprint density at radius 1 is 1.27 bits per heavy atom. The fraction of sp³-hybridized carbons (Fsp3) is 0.917. The van der Waals surface area contributed by atoms with Gasteiger partial charge >= 0.3 is 0 Å². The molecule has 88 valence electrons. The minimum atomic E-state index is -0.429. The highest BCUT2D eigenvalue weighted by atomic mass is 16.2. The molecule has 1 heterocycles. The van der Waals surface area contributed by atoms with Crippen LogP contribution in [0.25, 0.3) is 0 Å². The summed E-state index contributed by atoms with van der Waals surface area (Å²) in [6, 6.07) is 0. The van der Waals surface area contributed by atoms with Crippen molar-refractivity contribution in [2.45, 2.75) is 46.1 Å². The SMILES string of the molecule is CNC(C)(C)C(=O)N1CCC(C)(C)CC1. The van der Waals surface area contributed by atoms with E-state index in [1.807, 2.05) is 25.8 Å². The van der Waals surface area contributed by atoms with Gasteiger partial charge in [-0.3, -0.25) is 4.79 Å². The maximum atomic E-state index is 12.1. The fourth-order valence-corrected chi connectivity index (χ4v) is 1.82. The molecule has 0 aromatic heterocycles. The van der Waals surface area contributed by atoms with E-state index >= 15 is 0 Å². The van der Waals surface area contributed by atoms with Crippen LogP contribution in [-0.4, -0.2) is 36.5 Å². The average molecular weight is 212 g/mol. The van der Waals surface area contributed by atoms with Crippen molar-refractivity contribution < 1.29 is 4.79 Å². The summed E-state index contributed by atoms with van der Waals surface area (Å²) in [5, 5.41) is 3.07. The molecule has 0 bridgehead atoms. The predicted molar refractivity (Wildman–Crippen MR) is 62.7 cm³/mol. The third-order valence-electron chi connectivity index (χ3n) is 3.56. The lowest BCUT2D eigenvalue weighted by atomic mass is 9.82.